The molecule has 1 aromatic carbocycles. The van der Waals surface area contributed by atoms with Gasteiger partial charge in [0.25, 0.3) is 0 Å². The van der Waals surface area contributed by atoms with Crippen molar-refractivity contribution >= 4 is 34.5 Å². The van der Waals surface area contributed by atoms with Gasteiger partial charge in [-0.25, -0.2) is 0 Å². The zero-order chi connectivity index (χ0) is 15.7. The van der Waals surface area contributed by atoms with Crippen LogP contribution >= 0.6 is 22.6 Å². The van der Waals surface area contributed by atoms with E-state index in [0.717, 1.165) is 9.13 Å². The highest BCUT2D eigenvalue weighted by molar-refractivity contribution is 14.1. The molecule has 0 saturated heterocycles. The molecule has 0 atom stereocenters. The van der Waals surface area contributed by atoms with E-state index in [1.165, 1.54) is 0 Å². The highest BCUT2D eigenvalue weighted by atomic mass is 127. The monoisotopic (exact) mass is 399 g/mol. The second-order valence-electron chi connectivity index (χ2n) is 5.17. The van der Waals surface area contributed by atoms with Crippen LogP contribution in [0.2, 0.25) is 0 Å². The van der Waals surface area contributed by atoms with Gasteiger partial charge in [-0.3, -0.25) is 0 Å². The minimum atomic E-state index is 0.205. The van der Waals surface area contributed by atoms with Gasteiger partial charge in [0.15, 0.2) is 5.82 Å². The van der Waals surface area contributed by atoms with Crippen LogP contribution in [0.15, 0.2) is 12.1 Å². The number of aromatic nitrogens is 3. The first-order valence-corrected chi connectivity index (χ1v) is 7.47. The van der Waals surface area contributed by atoms with Gasteiger partial charge < -0.3 is 14.9 Å². The normalized spacial score (nSPS) is 10.6. The predicted octanol–water partition coefficient (Wildman–Crippen LogP) is 2.29. The number of aromatic hydroxyl groups is 1. The number of phenolic OH excluding ortho intramolecular Hbond substituents is 1. The molecule has 2 aromatic rings. The van der Waals surface area contributed by atoms with Crippen LogP contribution in [-0.2, 0) is 0 Å². The summed E-state index contributed by atoms with van der Waals surface area (Å²) in [6.45, 7) is 1.86. The summed E-state index contributed by atoms with van der Waals surface area (Å²) in [6, 6.07) is 3.79. The molecule has 0 fully saturated rings. The number of benzene rings is 1. The van der Waals surface area contributed by atoms with Gasteiger partial charge in [0.2, 0.25) is 11.9 Å². The molecule has 0 aliphatic carbocycles. The minimum absolute atomic E-state index is 0.205. The van der Waals surface area contributed by atoms with E-state index >= 15 is 0 Å². The standard InChI is InChI=1S/C14H18IN5O/c1-8-6-9(15)7-10(11(8)21)12-16-13(19(2)3)18-14(17-12)20(4)5/h6-7,21H,1-5H3. The molecule has 0 spiro atoms. The average Bonchev–Trinajstić information content (AvgIpc) is 2.42. The molecule has 0 aliphatic heterocycles. The number of halogens is 1. The lowest BCUT2D eigenvalue weighted by Crippen LogP contribution is -2.19. The van der Waals surface area contributed by atoms with E-state index in [9.17, 15) is 5.11 Å². The summed E-state index contributed by atoms with van der Waals surface area (Å²) in [7, 11) is 7.49. The van der Waals surface area contributed by atoms with E-state index in [-0.39, 0.29) is 5.75 Å². The summed E-state index contributed by atoms with van der Waals surface area (Å²) >= 11 is 2.22. The van der Waals surface area contributed by atoms with Gasteiger partial charge in [0.1, 0.15) is 5.75 Å². The van der Waals surface area contributed by atoms with Crippen LogP contribution in [-0.4, -0.2) is 48.2 Å². The number of aryl methyl sites for hydroxylation is 1. The van der Waals surface area contributed by atoms with Crippen LogP contribution in [0.4, 0.5) is 11.9 Å². The number of hydrogen-bond donors (Lipinski definition) is 1. The molecule has 0 saturated carbocycles. The summed E-state index contributed by atoms with van der Waals surface area (Å²) in [6.07, 6.45) is 0. The molecular formula is C14H18IN5O. The van der Waals surface area contributed by atoms with Crippen LogP contribution in [0.1, 0.15) is 5.56 Å². The summed E-state index contributed by atoms with van der Waals surface area (Å²) in [5, 5.41) is 10.3. The Hall–Kier alpha value is -1.64. The number of rotatable bonds is 3. The maximum absolute atomic E-state index is 10.3. The van der Waals surface area contributed by atoms with Crippen molar-refractivity contribution < 1.29 is 5.11 Å². The Labute approximate surface area is 138 Å². The van der Waals surface area contributed by atoms with Gasteiger partial charge in [0.05, 0.1) is 5.56 Å². The Balaban J connectivity index is 2.68. The molecule has 112 valence electrons. The lowest BCUT2D eigenvalue weighted by atomic mass is 10.1. The Kier molecular flexibility index (Phi) is 4.50. The molecule has 0 unspecified atom stereocenters. The molecule has 0 radical (unpaired) electrons. The van der Waals surface area contributed by atoms with Crippen molar-refractivity contribution in [3.63, 3.8) is 0 Å². The van der Waals surface area contributed by atoms with E-state index in [2.05, 4.69) is 37.5 Å². The maximum Gasteiger partial charge on any atom is 0.230 e. The fraction of sp³-hybridized carbons (Fsp3) is 0.357. The van der Waals surface area contributed by atoms with Crippen LogP contribution in [0.25, 0.3) is 11.4 Å². The quantitative estimate of drug-likeness (QED) is 0.800. The van der Waals surface area contributed by atoms with Gasteiger partial charge >= 0.3 is 0 Å². The molecule has 0 aliphatic rings. The summed E-state index contributed by atoms with van der Waals surface area (Å²) in [4.78, 5) is 16.9. The first kappa shape index (κ1) is 15.7. The zero-order valence-electron chi connectivity index (χ0n) is 12.7. The molecule has 1 N–H and O–H groups in total. The van der Waals surface area contributed by atoms with E-state index < -0.39 is 0 Å². The van der Waals surface area contributed by atoms with Gasteiger partial charge in [-0.2, -0.15) is 15.0 Å². The Morgan fingerprint density at radius 3 is 1.95 bits per heavy atom. The lowest BCUT2D eigenvalue weighted by molar-refractivity contribution is 0.472. The number of phenols is 1. The third-order valence-corrected chi connectivity index (χ3v) is 3.54. The van der Waals surface area contributed by atoms with E-state index in [1.807, 2.05) is 57.0 Å². The smallest absolute Gasteiger partial charge is 0.230 e. The van der Waals surface area contributed by atoms with Gasteiger partial charge in [-0.15, -0.1) is 0 Å². The van der Waals surface area contributed by atoms with Crippen LogP contribution in [0.5, 0.6) is 5.75 Å². The van der Waals surface area contributed by atoms with Crippen molar-refractivity contribution in [3.05, 3.63) is 21.3 Å². The van der Waals surface area contributed by atoms with Crippen molar-refractivity contribution in [1.29, 1.82) is 0 Å². The molecule has 7 heteroatoms. The van der Waals surface area contributed by atoms with Crippen molar-refractivity contribution in [1.82, 2.24) is 15.0 Å². The second kappa shape index (κ2) is 6.00. The first-order valence-electron chi connectivity index (χ1n) is 6.39. The molecule has 1 aromatic heterocycles. The highest BCUT2D eigenvalue weighted by Crippen LogP contribution is 2.32. The summed E-state index contributed by atoms with van der Waals surface area (Å²) in [5.74, 6) is 1.78. The van der Waals surface area contributed by atoms with Crippen molar-refractivity contribution in [2.75, 3.05) is 38.0 Å². The molecule has 21 heavy (non-hydrogen) atoms. The SMILES string of the molecule is Cc1cc(I)cc(-c2nc(N(C)C)nc(N(C)C)n2)c1O. The third kappa shape index (κ3) is 3.34. The molecule has 0 amide bonds. The number of hydrogen-bond acceptors (Lipinski definition) is 6. The highest BCUT2D eigenvalue weighted by Gasteiger charge is 2.16. The Morgan fingerprint density at radius 1 is 0.952 bits per heavy atom. The Bertz CT molecular complexity index is 646. The minimum Gasteiger partial charge on any atom is -0.507 e. The van der Waals surface area contributed by atoms with Gasteiger partial charge in [-0.1, -0.05) is 0 Å². The second-order valence-corrected chi connectivity index (χ2v) is 6.41. The largest absolute Gasteiger partial charge is 0.507 e. The maximum atomic E-state index is 10.3. The van der Waals surface area contributed by atoms with Crippen LogP contribution < -0.4 is 9.80 Å². The van der Waals surface area contributed by atoms with Crippen LogP contribution in [0, 0.1) is 10.5 Å². The van der Waals surface area contributed by atoms with Crippen LogP contribution in [0.3, 0.4) is 0 Å². The van der Waals surface area contributed by atoms with Gasteiger partial charge in [0, 0.05) is 31.8 Å². The summed E-state index contributed by atoms with van der Waals surface area (Å²) in [5.41, 5.74) is 1.42. The average molecular weight is 399 g/mol. The topological polar surface area (TPSA) is 65.4 Å². The predicted molar refractivity (Wildman–Crippen MR) is 93.0 cm³/mol. The third-order valence-electron chi connectivity index (χ3n) is 2.92. The fourth-order valence-corrected chi connectivity index (χ4v) is 2.56. The van der Waals surface area contributed by atoms with E-state index in [0.29, 0.717) is 23.3 Å². The molecule has 2 rings (SSSR count). The summed E-state index contributed by atoms with van der Waals surface area (Å²) < 4.78 is 1.02. The molecular weight excluding hydrogens is 381 g/mol. The van der Waals surface area contributed by atoms with E-state index in [1.54, 1.807) is 0 Å². The van der Waals surface area contributed by atoms with Crippen molar-refractivity contribution in [2.24, 2.45) is 0 Å². The van der Waals surface area contributed by atoms with E-state index in [4.69, 9.17) is 0 Å². The zero-order valence-corrected chi connectivity index (χ0v) is 14.9. The number of nitrogens with zero attached hydrogens (tertiary/aromatic N) is 5. The molecule has 1 heterocycles. The molecule has 6 nitrogen and oxygen atoms in total. The van der Waals surface area contributed by atoms with Gasteiger partial charge in [-0.05, 0) is 47.2 Å². The Morgan fingerprint density at radius 2 is 1.48 bits per heavy atom. The fourth-order valence-electron chi connectivity index (χ4n) is 1.78. The first-order chi connectivity index (χ1) is 9.79. The lowest BCUT2D eigenvalue weighted by Gasteiger charge is -2.17. The molecule has 0 bridgehead atoms. The van der Waals surface area contributed by atoms with Crippen molar-refractivity contribution in [3.8, 4) is 17.1 Å². The van der Waals surface area contributed by atoms with Crippen molar-refractivity contribution in [2.45, 2.75) is 6.92 Å². The number of anilines is 2.